The first kappa shape index (κ1) is 19.4. The number of rotatable bonds is 4. The van der Waals surface area contributed by atoms with Gasteiger partial charge in [-0.2, -0.15) is 5.10 Å². The molecule has 0 saturated heterocycles. The second-order valence-electron chi connectivity index (χ2n) is 8.43. The van der Waals surface area contributed by atoms with E-state index >= 15 is 0 Å². The third kappa shape index (κ3) is 3.29. The van der Waals surface area contributed by atoms with Crippen LogP contribution in [-0.4, -0.2) is 17.5 Å². The smallest absolute Gasteiger partial charge is 0.271 e. The largest absolute Gasteiger partial charge is 0.303 e. The molecule has 4 aromatic carbocycles. The van der Waals surface area contributed by atoms with E-state index in [1.54, 1.807) is 17.0 Å². The second-order valence-corrected chi connectivity index (χ2v) is 8.43. The number of carbonyl (C=O) groups is 2. The van der Waals surface area contributed by atoms with Gasteiger partial charge in [0.2, 0.25) is 0 Å². The van der Waals surface area contributed by atoms with Gasteiger partial charge in [-0.05, 0) is 53.6 Å². The van der Waals surface area contributed by atoms with Gasteiger partial charge in [0, 0.05) is 22.1 Å². The monoisotopic (exact) mass is 431 g/mol. The lowest BCUT2D eigenvalue weighted by Gasteiger charge is -2.18. The minimum absolute atomic E-state index is 0.0105. The number of nitrogens with one attached hydrogen (secondary N) is 1. The van der Waals surface area contributed by atoms with E-state index in [4.69, 9.17) is 0 Å². The van der Waals surface area contributed by atoms with Gasteiger partial charge in [0.25, 0.3) is 11.8 Å². The first-order valence-electron chi connectivity index (χ1n) is 11.1. The van der Waals surface area contributed by atoms with Crippen LogP contribution >= 0.6 is 0 Å². The molecule has 2 amide bonds. The summed E-state index contributed by atoms with van der Waals surface area (Å²) in [6, 6.07) is 27.3. The first-order chi connectivity index (χ1) is 16.2. The summed E-state index contributed by atoms with van der Waals surface area (Å²) in [5, 5.41) is 6.44. The fourth-order valence-corrected chi connectivity index (χ4v) is 4.79. The normalized spacial score (nSPS) is 15.3. The molecule has 0 unspecified atom stereocenters. The van der Waals surface area contributed by atoms with Gasteiger partial charge in [-0.25, -0.2) is 5.43 Å². The highest BCUT2D eigenvalue weighted by molar-refractivity contribution is 6.24. The molecule has 0 atom stereocenters. The molecular formula is C28H21N3O2. The Hall–Kier alpha value is -4.25. The summed E-state index contributed by atoms with van der Waals surface area (Å²) in [7, 11) is 0. The zero-order valence-electron chi connectivity index (χ0n) is 17.9. The van der Waals surface area contributed by atoms with E-state index in [2.05, 4.69) is 16.6 Å². The first-order valence-corrected chi connectivity index (χ1v) is 11.1. The van der Waals surface area contributed by atoms with Crippen molar-refractivity contribution in [1.82, 2.24) is 5.43 Å². The third-order valence-corrected chi connectivity index (χ3v) is 6.46. The van der Waals surface area contributed by atoms with E-state index < -0.39 is 0 Å². The van der Waals surface area contributed by atoms with Gasteiger partial charge in [0.05, 0.1) is 17.9 Å². The number of aryl methyl sites for hydroxylation is 1. The number of benzene rings is 4. The maximum atomic E-state index is 13.0. The highest BCUT2D eigenvalue weighted by Crippen LogP contribution is 2.38. The molecule has 1 heterocycles. The number of hydrazone groups is 1. The fraction of sp³-hybridized carbons (Fsp3) is 0.107. The molecule has 33 heavy (non-hydrogen) atoms. The summed E-state index contributed by atoms with van der Waals surface area (Å²) in [4.78, 5) is 27.4. The molecule has 0 bridgehead atoms. The predicted molar refractivity (Wildman–Crippen MR) is 130 cm³/mol. The van der Waals surface area contributed by atoms with Crippen molar-refractivity contribution in [1.29, 1.82) is 0 Å². The summed E-state index contributed by atoms with van der Waals surface area (Å²) in [6.07, 6.45) is 1.78. The average molecular weight is 431 g/mol. The van der Waals surface area contributed by atoms with Crippen LogP contribution in [0.5, 0.6) is 0 Å². The van der Waals surface area contributed by atoms with Crippen molar-refractivity contribution in [2.45, 2.75) is 19.4 Å². The highest BCUT2D eigenvalue weighted by atomic mass is 16.2. The molecule has 6 rings (SSSR count). The van der Waals surface area contributed by atoms with E-state index in [0.29, 0.717) is 12.1 Å². The van der Waals surface area contributed by atoms with Crippen molar-refractivity contribution in [2.24, 2.45) is 5.10 Å². The molecule has 1 N–H and O–H groups in total. The van der Waals surface area contributed by atoms with Gasteiger partial charge >= 0.3 is 0 Å². The molecular weight excluding hydrogens is 410 g/mol. The van der Waals surface area contributed by atoms with E-state index in [9.17, 15) is 9.59 Å². The molecule has 5 nitrogen and oxygen atoms in total. The number of anilines is 1. The van der Waals surface area contributed by atoms with Gasteiger partial charge in [-0.3, -0.25) is 9.59 Å². The molecule has 0 radical (unpaired) electrons. The van der Waals surface area contributed by atoms with Crippen molar-refractivity contribution in [3.05, 3.63) is 113 Å². The maximum absolute atomic E-state index is 13.0. The van der Waals surface area contributed by atoms with Crippen LogP contribution in [-0.2, 0) is 13.0 Å². The molecule has 0 spiro atoms. The van der Waals surface area contributed by atoms with E-state index in [1.165, 1.54) is 5.56 Å². The van der Waals surface area contributed by atoms with Crippen molar-refractivity contribution < 1.29 is 9.59 Å². The molecule has 0 fully saturated rings. The van der Waals surface area contributed by atoms with Crippen LogP contribution in [0.3, 0.4) is 0 Å². The Morgan fingerprint density at radius 1 is 0.848 bits per heavy atom. The molecule has 1 aliphatic carbocycles. The molecule has 1 aliphatic heterocycles. The average Bonchev–Trinajstić information content (AvgIpc) is 3.39. The van der Waals surface area contributed by atoms with Gasteiger partial charge in [-0.1, -0.05) is 60.7 Å². The van der Waals surface area contributed by atoms with Gasteiger partial charge in [0.15, 0.2) is 0 Å². The van der Waals surface area contributed by atoms with Crippen LogP contribution in [0.25, 0.3) is 10.8 Å². The Morgan fingerprint density at radius 3 is 2.45 bits per heavy atom. The summed E-state index contributed by atoms with van der Waals surface area (Å²) in [6.45, 7) is 0.452. The Bertz CT molecular complexity index is 1450. The van der Waals surface area contributed by atoms with Crippen molar-refractivity contribution >= 4 is 34.0 Å². The zero-order valence-corrected chi connectivity index (χ0v) is 17.9. The number of carbonyl (C=O) groups excluding carboxylic acids is 2. The Morgan fingerprint density at radius 2 is 1.61 bits per heavy atom. The molecule has 5 heteroatoms. The quantitative estimate of drug-likeness (QED) is 0.458. The number of amides is 2. The van der Waals surface area contributed by atoms with Crippen LogP contribution in [0.2, 0.25) is 0 Å². The molecule has 4 aromatic rings. The Labute approximate surface area is 191 Å². The minimum Gasteiger partial charge on any atom is -0.303 e. The molecule has 0 aromatic heterocycles. The van der Waals surface area contributed by atoms with Crippen LogP contribution < -0.4 is 10.3 Å². The number of hydrogen-bond acceptors (Lipinski definition) is 3. The predicted octanol–water partition coefficient (Wildman–Crippen LogP) is 5.08. The number of fused-ring (bicyclic) bond motifs is 1. The van der Waals surface area contributed by atoms with Crippen molar-refractivity contribution in [2.75, 3.05) is 4.90 Å². The molecule has 2 aliphatic rings. The Balaban J connectivity index is 1.18. The standard InChI is InChI=1S/C28H21N3O2/c32-27(30-29-24-16-15-19-5-1-2-8-22(19)24)21-13-11-18(12-14-21)17-31-25-10-4-7-20-6-3-9-23(26(20)25)28(31)33/h1-14H,15-17H2,(H,30,32)/b29-24+. The topological polar surface area (TPSA) is 61.8 Å². The van der Waals surface area contributed by atoms with Gasteiger partial charge in [0.1, 0.15) is 0 Å². The Kier molecular flexibility index (Phi) is 4.54. The van der Waals surface area contributed by atoms with Crippen LogP contribution in [0.4, 0.5) is 5.69 Å². The molecule has 160 valence electrons. The van der Waals surface area contributed by atoms with E-state index in [1.807, 2.05) is 66.7 Å². The van der Waals surface area contributed by atoms with Crippen LogP contribution in [0.15, 0.2) is 90.0 Å². The maximum Gasteiger partial charge on any atom is 0.271 e. The summed E-state index contributed by atoms with van der Waals surface area (Å²) in [5.74, 6) is -0.232. The SMILES string of the molecule is O=C(N/N=C1\CCc2ccccc21)c1ccc(CN2C(=O)c3cccc4cccc2c34)cc1. The van der Waals surface area contributed by atoms with E-state index in [-0.39, 0.29) is 11.8 Å². The van der Waals surface area contributed by atoms with Crippen LogP contribution in [0.1, 0.15) is 43.8 Å². The number of hydrogen-bond donors (Lipinski definition) is 1. The lowest BCUT2D eigenvalue weighted by Crippen LogP contribution is -2.26. The highest BCUT2D eigenvalue weighted by Gasteiger charge is 2.29. The second kappa shape index (κ2) is 7.71. The zero-order chi connectivity index (χ0) is 22.4. The van der Waals surface area contributed by atoms with Crippen molar-refractivity contribution in [3.8, 4) is 0 Å². The summed E-state index contributed by atoms with van der Waals surface area (Å²) < 4.78 is 0. The van der Waals surface area contributed by atoms with Crippen molar-refractivity contribution in [3.63, 3.8) is 0 Å². The molecule has 0 saturated carbocycles. The fourth-order valence-electron chi connectivity index (χ4n) is 4.79. The third-order valence-electron chi connectivity index (χ3n) is 6.46. The lowest BCUT2D eigenvalue weighted by atomic mass is 10.1. The minimum atomic E-state index is -0.243. The van der Waals surface area contributed by atoms with E-state index in [0.717, 1.165) is 51.7 Å². The van der Waals surface area contributed by atoms with Gasteiger partial charge in [-0.15, -0.1) is 0 Å². The lowest BCUT2D eigenvalue weighted by molar-refractivity contribution is 0.0953. The summed E-state index contributed by atoms with van der Waals surface area (Å²) >= 11 is 0. The van der Waals surface area contributed by atoms with Crippen LogP contribution in [0, 0.1) is 0 Å². The van der Waals surface area contributed by atoms with Gasteiger partial charge < -0.3 is 4.90 Å². The summed E-state index contributed by atoms with van der Waals surface area (Å²) in [5.41, 5.74) is 9.15. The number of nitrogens with zero attached hydrogens (tertiary/aromatic N) is 2.